The molecule has 0 spiro atoms. The van der Waals surface area contributed by atoms with E-state index in [1.54, 1.807) is 24.1 Å². The fraction of sp³-hybridized carbons (Fsp3) is 0.333. The van der Waals surface area contributed by atoms with Gasteiger partial charge in [-0.05, 0) is 36.2 Å². The highest BCUT2D eigenvalue weighted by Gasteiger charge is 2.30. The number of carbonyl (C=O) groups excluding carboxylic acids is 1. The Bertz CT molecular complexity index is 979. The quantitative estimate of drug-likeness (QED) is 0.332. The number of hydrogen-bond donors (Lipinski definition) is 2. The van der Waals surface area contributed by atoms with Crippen molar-refractivity contribution in [3.05, 3.63) is 60.2 Å². The molecule has 1 fully saturated rings. The Kier molecular flexibility index (Phi) is 8.65. The normalized spacial score (nSPS) is 16.9. The van der Waals surface area contributed by atoms with Crippen LogP contribution in [0.2, 0.25) is 0 Å². The van der Waals surface area contributed by atoms with Gasteiger partial charge in [0.1, 0.15) is 0 Å². The summed E-state index contributed by atoms with van der Waals surface area (Å²) in [5, 5.41) is 6.56. The number of amides is 1. The number of rotatable bonds is 6. The molecule has 0 aromatic heterocycles. The molecule has 0 aliphatic carbocycles. The van der Waals surface area contributed by atoms with Crippen molar-refractivity contribution in [3.8, 4) is 0 Å². The van der Waals surface area contributed by atoms with Gasteiger partial charge >= 0.3 is 0 Å². The van der Waals surface area contributed by atoms with E-state index in [0.29, 0.717) is 30.4 Å². The van der Waals surface area contributed by atoms with Crippen LogP contribution in [0, 0.1) is 0 Å². The lowest BCUT2D eigenvalue weighted by Crippen LogP contribution is -2.45. The summed E-state index contributed by atoms with van der Waals surface area (Å²) < 4.78 is 23.0. The van der Waals surface area contributed by atoms with Crippen LogP contribution in [0.5, 0.6) is 0 Å². The lowest BCUT2D eigenvalue weighted by Gasteiger charge is -2.19. The summed E-state index contributed by atoms with van der Waals surface area (Å²) in [4.78, 5) is 18.7. The molecule has 2 aromatic carbocycles. The van der Waals surface area contributed by atoms with E-state index in [0.717, 1.165) is 17.7 Å². The van der Waals surface area contributed by atoms with Crippen molar-refractivity contribution in [3.63, 3.8) is 0 Å². The number of benzene rings is 2. The lowest BCUT2D eigenvalue weighted by molar-refractivity contribution is -0.117. The van der Waals surface area contributed by atoms with Gasteiger partial charge in [-0.3, -0.25) is 9.79 Å². The van der Waals surface area contributed by atoms with Gasteiger partial charge in [-0.15, -0.1) is 24.0 Å². The molecule has 1 aliphatic heterocycles. The van der Waals surface area contributed by atoms with E-state index in [4.69, 9.17) is 0 Å². The van der Waals surface area contributed by atoms with Gasteiger partial charge in [0.25, 0.3) is 0 Å². The molecular weight excluding hydrogens is 515 g/mol. The Morgan fingerprint density at radius 3 is 2.40 bits per heavy atom. The monoisotopic (exact) mass is 542 g/mol. The number of hydrogen-bond acceptors (Lipinski definition) is 4. The van der Waals surface area contributed by atoms with Crippen LogP contribution in [0.25, 0.3) is 0 Å². The topological polar surface area (TPSA) is 90.9 Å². The number of guanidine groups is 1. The molecule has 1 unspecified atom stereocenters. The highest BCUT2D eigenvalue weighted by atomic mass is 127. The van der Waals surface area contributed by atoms with Crippen LogP contribution in [0.3, 0.4) is 0 Å². The summed E-state index contributed by atoms with van der Waals surface area (Å²) in [5.41, 5.74) is 1.94. The van der Waals surface area contributed by atoms with Crippen LogP contribution >= 0.6 is 24.0 Å². The average molecular weight is 542 g/mol. The van der Waals surface area contributed by atoms with Crippen LogP contribution in [0.15, 0.2) is 64.5 Å². The van der Waals surface area contributed by atoms with Crippen molar-refractivity contribution in [2.75, 3.05) is 31.3 Å². The molecule has 0 bridgehead atoms. The number of anilines is 1. The third kappa shape index (κ3) is 6.43. The second kappa shape index (κ2) is 10.8. The second-order valence-electron chi connectivity index (χ2n) is 7.05. The fourth-order valence-corrected chi connectivity index (χ4v) is 3.91. The van der Waals surface area contributed by atoms with E-state index in [1.807, 2.05) is 42.5 Å². The van der Waals surface area contributed by atoms with E-state index in [1.165, 1.54) is 6.26 Å². The number of para-hydroxylation sites is 1. The van der Waals surface area contributed by atoms with Crippen molar-refractivity contribution in [1.82, 2.24) is 10.6 Å². The maximum atomic E-state index is 12.3. The zero-order chi connectivity index (χ0) is 20.9. The number of carbonyl (C=O) groups is 1. The van der Waals surface area contributed by atoms with Crippen molar-refractivity contribution >= 4 is 51.4 Å². The smallest absolute Gasteiger partial charge is 0.229 e. The summed E-state index contributed by atoms with van der Waals surface area (Å²) in [6.45, 7) is 1.23. The molecule has 1 aliphatic rings. The highest BCUT2D eigenvalue weighted by molar-refractivity contribution is 14.0. The van der Waals surface area contributed by atoms with Crippen molar-refractivity contribution in [2.24, 2.45) is 4.99 Å². The molecule has 2 N–H and O–H groups in total. The number of nitrogens with zero attached hydrogens (tertiary/aromatic N) is 2. The Hall–Kier alpha value is -2.14. The van der Waals surface area contributed by atoms with Crippen LogP contribution < -0.4 is 15.5 Å². The molecular formula is C21H27IN4O3S. The minimum Gasteiger partial charge on any atom is -0.356 e. The van der Waals surface area contributed by atoms with Gasteiger partial charge in [-0.2, -0.15) is 0 Å². The third-order valence-corrected chi connectivity index (χ3v) is 5.94. The zero-order valence-corrected chi connectivity index (χ0v) is 20.2. The lowest BCUT2D eigenvalue weighted by atomic mass is 10.1. The molecule has 1 atom stereocenters. The first kappa shape index (κ1) is 24.1. The van der Waals surface area contributed by atoms with Crippen LogP contribution in [-0.2, 0) is 21.1 Å². The molecule has 9 heteroatoms. The second-order valence-corrected chi connectivity index (χ2v) is 9.07. The summed E-state index contributed by atoms with van der Waals surface area (Å²) in [5.74, 6) is 0.737. The van der Waals surface area contributed by atoms with Gasteiger partial charge in [0, 0.05) is 38.5 Å². The number of nitrogens with one attached hydrogen (secondary N) is 2. The van der Waals surface area contributed by atoms with Gasteiger partial charge in [0.2, 0.25) is 5.91 Å². The molecule has 2 aromatic rings. The van der Waals surface area contributed by atoms with Gasteiger partial charge in [-0.1, -0.05) is 30.3 Å². The van der Waals surface area contributed by atoms with E-state index < -0.39 is 9.84 Å². The Balaban J connectivity index is 0.00000320. The van der Waals surface area contributed by atoms with E-state index in [9.17, 15) is 13.2 Å². The predicted molar refractivity (Wildman–Crippen MR) is 130 cm³/mol. The van der Waals surface area contributed by atoms with E-state index in [-0.39, 0.29) is 35.9 Å². The minimum atomic E-state index is -3.18. The number of aliphatic imine (C=N–C) groups is 1. The van der Waals surface area contributed by atoms with Crippen LogP contribution in [0.1, 0.15) is 12.0 Å². The fourth-order valence-electron chi connectivity index (χ4n) is 3.28. The molecule has 1 saturated heterocycles. The maximum absolute atomic E-state index is 12.3. The van der Waals surface area contributed by atoms with Crippen molar-refractivity contribution in [2.45, 2.75) is 23.8 Å². The molecule has 1 heterocycles. The third-order valence-electron chi connectivity index (χ3n) is 4.81. The average Bonchev–Trinajstić information content (AvgIpc) is 3.07. The molecule has 30 heavy (non-hydrogen) atoms. The van der Waals surface area contributed by atoms with Gasteiger partial charge in [-0.25, -0.2) is 8.42 Å². The van der Waals surface area contributed by atoms with Crippen molar-refractivity contribution < 1.29 is 13.2 Å². The SMILES string of the molecule is CN=C(NCCc1ccc(S(C)(=O)=O)cc1)NC1CC(=O)N(c2ccccc2)C1.I. The van der Waals surface area contributed by atoms with Gasteiger partial charge in [0.05, 0.1) is 10.9 Å². The van der Waals surface area contributed by atoms with Crippen LogP contribution in [-0.4, -0.2) is 52.7 Å². The molecule has 0 radical (unpaired) electrons. The minimum absolute atomic E-state index is 0. The first-order chi connectivity index (χ1) is 13.9. The molecule has 0 saturated carbocycles. The van der Waals surface area contributed by atoms with Gasteiger partial charge in [0.15, 0.2) is 15.8 Å². The van der Waals surface area contributed by atoms with Gasteiger partial charge < -0.3 is 15.5 Å². The first-order valence-corrected chi connectivity index (χ1v) is 11.4. The largest absolute Gasteiger partial charge is 0.356 e. The molecule has 162 valence electrons. The van der Waals surface area contributed by atoms with Crippen LogP contribution in [0.4, 0.5) is 5.69 Å². The molecule has 7 nitrogen and oxygen atoms in total. The van der Waals surface area contributed by atoms with E-state index in [2.05, 4.69) is 15.6 Å². The van der Waals surface area contributed by atoms with E-state index >= 15 is 0 Å². The maximum Gasteiger partial charge on any atom is 0.229 e. The van der Waals surface area contributed by atoms with Crippen molar-refractivity contribution in [1.29, 1.82) is 0 Å². The highest BCUT2D eigenvalue weighted by Crippen LogP contribution is 2.20. The standard InChI is InChI=1S/C21H26N4O3S.HI/c1-22-21(23-13-12-16-8-10-19(11-9-16)29(2,27)28)24-17-14-20(26)25(15-17)18-6-4-3-5-7-18;/h3-11,17H,12-15H2,1-2H3,(H2,22,23,24);1H. The number of sulfone groups is 1. The number of halogens is 1. The Labute approximate surface area is 194 Å². The predicted octanol–water partition coefficient (Wildman–Crippen LogP) is 2.22. The summed E-state index contributed by atoms with van der Waals surface area (Å²) in [6.07, 6.45) is 2.35. The Morgan fingerprint density at radius 2 is 1.80 bits per heavy atom. The molecule has 3 rings (SSSR count). The summed E-state index contributed by atoms with van der Waals surface area (Å²) >= 11 is 0. The Morgan fingerprint density at radius 1 is 1.13 bits per heavy atom. The molecule has 1 amide bonds. The first-order valence-electron chi connectivity index (χ1n) is 9.48. The zero-order valence-electron chi connectivity index (χ0n) is 17.0. The summed E-state index contributed by atoms with van der Waals surface area (Å²) in [7, 11) is -1.48. The summed E-state index contributed by atoms with van der Waals surface area (Å²) in [6, 6.07) is 16.5.